The maximum Gasteiger partial charge on any atom is 0.223 e. The van der Waals surface area contributed by atoms with Crippen molar-refractivity contribution in [1.29, 1.82) is 0 Å². The van der Waals surface area contributed by atoms with Gasteiger partial charge in [-0.15, -0.1) is 10.2 Å². The first kappa shape index (κ1) is 16.5. The van der Waals surface area contributed by atoms with Crippen molar-refractivity contribution < 1.29 is 9.59 Å². The second-order valence-corrected chi connectivity index (χ2v) is 7.50. The summed E-state index contributed by atoms with van der Waals surface area (Å²) in [4.78, 5) is 26.9. The van der Waals surface area contributed by atoms with Gasteiger partial charge in [0.25, 0.3) is 0 Å². The van der Waals surface area contributed by atoms with Crippen molar-refractivity contribution in [2.75, 3.05) is 19.6 Å². The Balaban J connectivity index is 1.37. The van der Waals surface area contributed by atoms with Gasteiger partial charge >= 0.3 is 0 Å². The summed E-state index contributed by atoms with van der Waals surface area (Å²) in [6.45, 7) is 3.08. The molecule has 3 fully saturated rings. The van der Waals surface area contributed by atoms with Crippen LogP contribution < -0.4 is 10.6 Å². The fourth-order valence-corrected chi connectivity index (χ4v) is 4.77. The van der Waals surface area contributed by atoms with Crippen molar-refractivity contribution in [2.45, 2.75) is 50.7 Å². The highest BCUT2D eigenvalue weighted by Crippen LogP contribution is 2.39. The van der Waals surface area contributed by atoms with Gasteiger partial charge < -0.3 is 20.1 Å². The van der Waals surface area contributed by atoms with Crippen LogP contribution in [0.15, 0.2) is 12.7 Å². The van der Waals surface area contributed by atoms with Crippen LogP contribution in [-0.4, -0.2) is 63.2 Å². The van der Waals surface area contributed by atoms with E-state index in [0.717, 1.165) is 25.9 Å². The Labute approximate surface area is 147 Å². The lowest BCUT2D eigenvalue weighted by Crippen LogP contribution is -2.66. The van der Waals surface area contributed by atoms with E-state index in [2.05, 4.69) is 25.7 Å². The molecule has 0 spiro atoms. The van der Waals surface area contributed by atoms with Gasteiger partial charge in [-0.25, -0.2) is 0 Å². The van der Waals surface area contributed by atoms with E-state index in [1.807, 2.05) is 0 Å². The van der Waals surface area contributed by atoms with Crippen molar-refractivity contribution in [2.24, 2.45) is 11.8 Å². The number of carbonyl (C=O) groups excluding carboxylic acids is 2. The average molecular weight is 346 g/mol. The topological polar surface area (TPSA) is 92.1 Å². The minimum Gasteiger partial charge on any atom is -0.354 e. The second kappa shape index (κ2) is 7.11. The van der Waals surface area contributed by atoms with Crippen molar-refractivity contribution >= 4 is 11.8 Å². The molecule has 0 saturated carbocycles. The molecule has 2 N–H and O–H groups in total. The molecule has 4 heterocycles. The molecule has 3 aliphatic heterocycles. The molecule has 0 radical (unpaired) electrons. The van der Waals surface area contributed by atoms with Gasteiger partial charge in [0, 0.05) is 38.5 Å². The molecule has 3 saturated heterocycles. The first-order valence-electron chi connectivity index (χ1n) is 9.33. The maximum atomic E-state index is 12.6. The quantitative estimate of drug-likeness (QED) is 0.769. The van der Waals surface area contributed by atoms with E-state index in [9.17, 15) is 9.59 Å². The lowest BCUT2D eigenvalue weighted by molar-refractivity contribution is -0.149. The molecule has 8 nitrogen and oxygen atoms in total. The zero-order chi connectivity index (χ0) is 17.2. The number of hydrogen-bond donors (Lipinski definition) is 2. The molecule has 25 heavy (non-hydrogen) atoms. The van der Waals surface area contributed by atoms with Crippen LogP contribution >= 0.6 is 0 Å². The monoisotopic (exact) mass is 346 g/mol. The van der Waals surface area contributed by atoms with Crippen LogP contribution in [0.2, 0.25) is 0 Å². The van der Waals surface area contributed by atoms with Crippen LogP contribution in [0.3, 0.4) is 0 Å². The molecule has 4 rings (SSSR count). The second-order valence-electron chi connectivity index (χ2n) is 7.50. The number of hydrogen-bond acceptors (Lipinski definition) is 5. The van der Waals surface area contributed by atoms with Crippen molar-refractivity contribution in [3.63, 3.8) is 0 Å². The van der Waals surface area contributed by atoms with E-state index in [1.165, 1.54) is 6.42 Å². The van der Waals surface area contributed by atoms with Gasteiger partial charge in [0.05, 0.1) is 6.04 Å². The molecule has 8 heteroatoms. The zero-order valence-electron chi connectivity index (χ0n) is 14.4. The van der Waals surface area contributed by atoms with Crippen LogP contribution in [0.4, 0.5) is 0 Å². The molecule has 0 aliphatic carbocycles. The summed E-state index contributed by atoms with van der Waals surface area (Å²) < 4.78 is 1.79. The molecule has 2 amide bonds. The minimum atomic E-state index is 0.0144. The normalized spacial score (nSPS) is 31.5. The summed E-state index contributed by atoms with van der Waals surface area (Å²) in [5.74, 6) is 1.30. The fourth-order valence-electron chi connectivity index (χ4n) is 4.77. The SMILES string of the molecule is O=C(CCn1cnnc1)NC[C@H]1[C@@H]2CNC[C@@H](C2)[C@@H]2CCCC(=O)N21. The molecular formula is C17H26N6O2. The Morgan fingerprint density at radius 1 is 1.28 bits per heavy atom. The van der Waals surface area contributed by atoms with E-state index in [0.29, 0.717) is 43.8 Å². The summed E-state index contributed by atoms with van der Waals surface area (Å²) in [5.41, 5.74) is 0. The first-order chi connectivity index (χ1) is 12.2. The van der Waals surface area contributed by atoms with E-state index < -0.39 is 0 Å². The first-order valence-corrected chi connectivity index (χ1v) is 9.33. The van der Waals surface area contributed by atoms with Gasteiger partial charge in [-0.05, 0) is 37.6 Å². The van der Waals surface area contributed by atoms with Crippen LogP contribution in [0, 0.1) is 11.8 Å². The van der Waals surface area contributed by atoms with Gasteiger partial charge in [0.1, 0.15) is 12.7 Å². The lowest BCUT2D eigenvalue weighted by Gasteiger charge is -2.54. The number of nitrogens with zero attached hydrogens (tertiary/aromatic N) is 4. The third kappa shape index (κ3) is 3.40. The Morgan fingerprint density at radius 2 is 2.08 bits per heavy atom. The summed E-state index contributed by atoms with van der Waals surface area (Å²) >= 11 is 0. The van der Waals surface area contributed by atoms with Gasteiger partial charge in [0.15, 0.2) is 0 Å². The molecular weight excluding hydrogens is 320 g/mol. The Bertz CT molecular complexity index is 619. The zero-order valence-corrected chi connectivity index (χ0v) is 14.4. The van der Waals surface area contributed by atoms with Crippen LogP contribution in [0.25, 0.3) is 0 Å². The van der Waals surface area contributed by atoms with Crippen LogP contribution in [0.1, 0.15) is 32.1 Å². The number of aromatic nitrogens is 3. The minimum absolute atomic E-state index is 0.0144. The Kier molecular flexibility index (Phi) is 4.70. The van der Waals surface area contributed by atoms with Gasteiger partial charge in [-0.2, -0.15) is 0 Å². The summed E-state index contributed by atoms with van der Waals surface area (Å²) in [7, 11) is 0. The molecule has 136 valence electrons. The van der Waals surface area contributed by atoms with Crippen LogP contribution in [0.5, 0.6) is 0 Å². The molecule has 4 atom stereocenters. The number of amides is 2. The molecule has 1 aromatic heterocycles. The van der Waals surface area contributed by atoms with Crippen molar-refractivity contribution in [1.82, 2.24) is 30.3 Å². The van der Waals surface area contributed by atoms with Crippen molar-refractivity contribution in [3.05, 3.63) is 12.7 Å². The molecule has 1 aromatic rings. The standard InChI is InChI=1S/C17H26N6O2/c24-16(4-5-22-10-20-21-11-22)19-9-15-13-6-12(7-18-8-13)14-2-1-3-17(25)23(14)15/h10-15,18H,1-9H2,(H,19,24)/t12-,13+,14+,15+/m1/s1. The number of fused-ring (bicyclic) bond motifs is 4. The third-order valence-electron chi connectivity index (χ3n) is 5.97. The lowest BCUT2D eigenvalue weighted by atomic mass is 9.72. The van der Waals surface area contributed by atoms with E-state index in [1.54, 1.807) is 17.2 Å². The molecule has 3 aliphatic rings. The molecule has 2 bridgehead atoms. The number of piperidine rings is 3. The predicted octanol–water partition coefficient (Wildman–Crippen LogP) is -0.227. The maximum absolute atomic E-state index is 12.6. The highest BCUT2D eigenvalue weighted by molar-refractivity contribution is 5.78. The smallest absolute Gasteiger partial charge is 0.223 e. The number of aryl methyl sites for hydroxylation is 1. The van der Waals surface area contributed by atoms with E-state index in [-0.39, 0.29) is 17.9 Å². The van der Waals surface area contributed by atoms with E-state index in [4.69, 9.17) is 0 Å². The number of rotatable bonds is 5. The summed E-state index contributed by atoms with van der Waals surface area (Å²) in [6.07, 6.45) is 7.54. The highest BCUT2D eigenvalue weighted by atomic mass is 16.2. The average Bonchev–Trinajstić information content (AvgIpc) is 3.14. The Hall–Kier alpha value is -1.96. The largest absolute Gasteiger partial charge is 0.354 e. The van der Waals surface area contributed by atoms with Crippen molar-refractivity contribution in [3.8, 4) is 0 Å². The van der Waals surface area contributed by atoms with Gasteiger partial charge in [-0.3, -0.25) is 9.59 Å². The summed E-state index contributed by atoms with van der Waals surface area (Å²) in [6, 6.07) is 0.477. The number of carbonyl (C=O) groups is 2. The third-order valence-corrected chi connectivity index (χ3v) is 5.97. The number of nitrogens with one attached hydrogen (secondary N) is 2. The molecule has 0 aromatic carbocycles. The summed E-state index contributed by atoms with van der Waals surface area (Å²) in [5, 5.41) is 14.1. The predicted molar refractivity (Wildman–Crippen MR) is 90.4 cm³/mol. The Morgan fingerprint density at radius 3 is 2.92 bits per heavy atom. The highest BCUT2D eigenvalue weighted by Gasteiger charge is 2.47. The fraction of sp³-hybridized carbons (Fsp3) is 0.765. The van der Waals surface area contributed by atoms with Crippen LogP contribution in [-0.2, 0) is 16.1 Å². The molecule has 0 unspecified atom stereocenters. The van der Waals surface area contributed by atoms with E-state index >= 15 is 0 Å². The van der Waals surface area contributed by atoms with Gasteiger partial charge in [-0.1, -0.05) is 0 Å². The van der Waals surface area contributed by atoms with Gasteiger partial charge in [0.2, 0.25) is 11.8 Å².